The Morgan fingerprint density at radius 3 is 2.44 bits per heavy atom. The quantitative estimate of drug-likeness (QED) is 0.246. The molecular formula is C24H15Cl2NO5. The molecule has 0 saturated heterocycles. The molecule has 1 amide bonds. The van der Waals surface area contributed by atoms with Gasteiger partial charge in [-0.2, -0.15) is 0 Å². The largest absolute Gasteiger partial charge is 0.423 e. The molecule has 0 spiro atoms. The smallest absolute Gasteiger partial charge is 0.349 e. The number of amides is 1. The molecule has 1 heterocycles. The van der Waals surface area contributed by atoms with Gasteiger partial charge in [-0.15, -0.1) is 0 Å². The minimum atomic E-state index is -0.795. The van der Waals surface area contributed by atoms with Gasteiger partial charge in [0.25, 0.3) is 5.91 Å². The molecule has 0 radical (unpaired) electrons. The third kappa shape index (κ3) is 4.82. The molecule has 4 rings (SSSR count). The van der Waals surface area contributed by atoms with E-state index in [4.69, 9.17) is 32.4 Å². The Balaban J connectivity index is 1.52. The summed E-state index contributed by atoms with van der Waals surface area (Å²) >= 11 is 11.8. The minimum absolute atomic E-state index is 0.117. The molecule has 0 saturated carbocycles. The number of carbonyl (C=O) groups is 2. The first-order valence-electron chi connectivity index (χ1n) is 9.48. The molecule has 0 aliphatic carbocycles. The molecule has 0 atom stereocenters. The summed E-state index contributed by atoms with van der Waals surface area (Å²) in [5.41, 5.74) is 0.380. The van der Waals surface area contributed by atoms with Gasteiger partial charge in [0, 0.05) is 18.0 Å². The van der Waals surface area contributed by atoms with Gasteiger partial charge in [0.05, 0.1) is 15.6 Å². The first-order valence-corrected chi connectivity index (χ1v) is 10.2. The van der Waals surface area contributed by atoms with Crippen molar-refractivity contribution in [2.75, 3.05) is 0 Å². The van der Waals surface area contributed by atoms with Crippen LogP contribution in [0, 0.1) is 0 Å². The molecule has 0 unspecified atom stereocenters. The number of rotatable bonds is 5. The molecule has 1 N–H and O–H groups in total. The van der Waals surface area contributed by atoms with Crippen LogP contribution in [0.4, 0.5) is 0 Å². The van der Waals surface area contributed by atoms with E-state index in [9.17, 15) is 14.4 Å². The molecule has 0 fully saturated rings. The molecule has 3 aromatic carbocycles. The average Bonchev–Trinajstić information content (AvgIpc) is 2.79. The molecule has 0 bridgehead atoms. The van der Waals surface area contributed by atoms with E-state index in [1.807, 2.05) is 30.3 Å². The van der Waals surface area contributed by atoms with Crippen LogP contribution in [0.3, 0.4) is 0 Å². The maximum absolute atomic E-state index is 12.4. The van der Waals surface area contributed by atoms with E-state index in [1.54, 1.807) is 6.07 Å². The van der Waals surface area contributed by atoms with Crippen molar-refractivity contribution >= 4 is 46.0 Å². The van der Waals surface area contributed by atoms with Crippen molar-refractivity contribution in [2.45, 2.75) is 6.54 Å². The number of carbonyl (C=O) groups excluding carboxylic acids is 2. The van der Waals surface area contributed by atoms with Gasteiger partial charge in [-0.3, -0.25) is 4.79 Å². The lowest BCUT2D eigenvalue weighted by Crippen LogP contribution is -2.27. The lowest BCUT2D eigenvalue weighted by Gasteiger charge is -2.07. The Hall–Kier alpha value is -3.61. The second kappa shape index (κ2) is 9.26. The van der Waals surface area contributed by atoms with Crippen molar-refractivity contribution in [1.29, 1.82) is 0 Å². The number of ether oxygens (including phenoxy) is 1. The summed E-state index contributed by atoms with van der Waals surface area (Å²) in [5.74, 6) is -1.03. The van der Waals surface area contributed by atoms with Gasteiger partial charge in [-0.25, -0.2) is 9.59 Å². The van der Waals surface area contributed by atoms with E-state index in [2.05, 4.69) is 5.32 Å². The van der Waals surface area contributed by atoms with Gasteiger partial charge in [0.2, 0.25) is 0 Å². The fourth-order valence-electron chi connectivity index (χ4n) is 2.98. The number of fused-ring (bicyclic) bond motifs is 1. The lowest BCUT2D eigenvalue weighted by molar-refractivity contribution is 0.0734. The topological polar surface area (TPSA) is 85.6 Å². The number of esters is 1. The zero-order chi connectivity index (χ0) is 22.7. The van der Waals surface area contributed by atoms with Gasteiger partial charge in [0.15, 0.2) is 0 Å². The summed E-state index contributed by atoms with van der Waals surface area (Å²) in [4.78, 5) is 37.1. The number of benzene rings is 3. The van der Waals surface area contributed by atoms with Crippen molar-refractivity contribution in [2.24, 2.45) is 0 Å². The van der Waals surface area contributed by atoms with Gasteiger partial charge in [-0.1, -0.05) is 53.5 Å². The summed E-state index contributed by atoms with van der Waals surface area (Å²) in [6, 6.07) is 19.6. The summed E-state index contributed by atoms with van der Waals surface area (Å²) in [6.45, 7) is 0.279. The third-order valence-electron chi connectivity index (χ3n) is 4.61. The van der Waals surface area contributed by atoms with Crippen LogP contribution >= 0.6 is 23.2 Å². The van der Waals surface area contributed by atoms with E-state index >= 15 is 0 Å². The van der Waals surface area contributed by atoms with Gasteiger partial charge < -0.3 is 14.5 Å². The van der Waals surface area contributed by atoms with Crippen LogP contribution in [0.25, 0.3) is 11.0 Å². The Kier molecular flexibility index (Phi) is 6.25. The summed E-state index contributed by atoms with van der Waals surface area (Å²) in [6.07, 6.45) is 0. The maximum Gasteiger partial charge on any atom is 0.349 e. The Labute approximate surface area is 192 Å². The standard InChI is InChI=1S/C24H15Cl2NO5/c25-19-9-7-16(11-20(19)26)23(29)31-17-8-6-15-10-18(24(30)32-21(15)12-17)22(28)27-13-14-4-2-1-3-5-14/h1-12H,13H2,(H,27,28). The molecule has 32 heavy (non-hydrogen) atoms. The van der Waals surface area contributed by atoms with Gasteiger partial charge in [0.1, 0.15) is 16.9 Å². The van der Waals surface area contributed by atoms with E-state index in [0.29, 0.717) is 10.4 Å². The zero-order valence-electron chi connectivity index (χ0n) is 16.4. The Morgan fingerprint density at radius 1 is 0.906 bits per heavy atom. The van der Waals surface area contributed by atoms with Crippen molar-refractivity contribution in [3.05, 3.63) is 110 Å². The zero-order valence-corrected chi connectivity index (χ0v) is 17.9. The van der Waals surface area contributed by atoms with Gasteiger partial charge in [-0.05, 0) is 42.0 Å². The average molecular weight is 468 g/mol. The van der Waals surface area contributed by atoms with Crippen LogP contribution < -0.4 is 15.7 Å². The molecule has 8 heteroatoms. The fraction of sp³-hybridized carbons (Fsp3) is 0.0417. The highest BCUT2D eigenvalue weighted by Gasteiger charge is 2.15. The van der Waals surface area contributed by atoms with E-state index in [0.717, 1.165) is 5.56 Å². The lowest BCUT2D eigenvalue weighted by atomic mass is 10.1. The van der Waals surface area contributed by atoms with Gasteiger partial charge >= 0.3 is 11.6 Å². The van der Waals surface area contributed by atoms with E-state index < -0.39 is 17.5 Å². The monoisotopic (exact) mass is 467 g/mol. The first-order chi connectivity index (χ1) is 15.4. The second-order valence-electron chi connectivity index (χ2n) is 6.83. The van der Waals surface area contributed by atoms with E-state index in [1.165, 1.54) is 36.4 Å². The maximum atomic E-state index is 12.4. The summed E-state index contributed by atoms with van der Waals surface area (Å²) in [7, 11) is 0. The van der Waals surface area contributed by atoms with Crippen molar-refractivity contribution in [3.8, 4) is 5.75 Å². The number of hydrogen-bond acceptors (Lipinski definition) is 5. The van der Waals surface area contributed by atoms with Crippen molar-refractivity contribution in [3.63, 3.8) is 0 Å². The van der Waals surface area contributed by atoms with Crippen molar-refractivity contribution in [1.82, 2.24) is 5.32 Å². The highest BCUT2D eigenvalue weighted by molar-refractivity contribution is 6.42. The molecule has 160 valence electrons. The normalized spacial score (nSPS) is 10.7. The first kappa shape index (κ1) is 21.6. The predicted molar refractivity (Wildman–Crippen MR) is 122 cm³/mol. The van der Waals surface area contributed by atoms with E-state index in [-0.39, 0.29) is 34.0 Å². The van der Waals surface area contributed by atoms with Crippen LogP contribution in [0.2, 0.25) is 10.0 Å². The summed E-state index contributed by atoms with van der Waals surface area (Å²) in [5, 5.41) is 3.74. The van der Waals surface area contributed by atoms with Crippen LogP contribution in [0.5, 0.6) is 5.75 Å². The molecular weight excluding hydrogens is 453 g/mol. The highest BCUT2D eigenvalue weighted by atomic mass is 35.5. The Bertz CT molecular complexity index is 1380. The second-order valence-corrected chi connectivity index (χ2v) is 7.65. The Morgan fingerprint density at radius 2 is 1.69 bits per heavy atom. The highest BCUT2D eigenvalue weighted by Crippen LogP contribution is 2.25. The fourth-order valence-corrected chi connectivity index (χ4v) is 3.27. The third-order valence-corrected chi connectivity index (χ3v) is 5.35. The molecule has 4 aromatic rings. The van der Waals surface area contributed by atoms with Crippen LogP contribution in [-0.4, -0.2) is 11.9 Å². The minimum Gasteiger partial charge on any atom is -0.423 e. The van der Waals surface area contributed by atoms with Crippen LogP contribution in [0.15, 0.2) is 82.0 Å². The van der Waals surface area contributed by atoms with Crippen molar-refractivity contribution < 1.29 is 18.7 Å². The van der Waals surface area contributed by atoms with Crippen LogP contribution in [0.1, 0.15) is 26.3 Å². The molecule has 0 aliphatic heterocycles. The number of nitrogens with one attached hydrogen (secondary N) is 1. The number of hydrogen-bond donors (Lipinski definition) is 1. The SMILES string of the molecule is O=C(Oc1ccc2cc(C(=O)NCc3ccccc3)c(=O)oc2c1)c1ccc(Cl)c(Cl)c1. The number of halogens is 2. The molecule has 6 nitrogen and oxygen atoms in total. The predicted octanol–water partition coefficient (Wildman–Crippen LogP) is 5.25. The summed E-state index contributed by atoms with van der Waals surface area (Å²) < 4.78 is 10.6. The van der Waals surface area contributed by atoms with Crippen LogP contribution in [-0.2, 0) is 6.54 Å². The molecule has 1 aromatic heterocycles. The molecule has 0 aliphatic rings.